The number of ether oxygens (including phenoxy) is 3. The number of nitrogens with zero attached hydrogens (tertiary/aromatic N) is 1. The van der Waals surface area contributed by atoms with E-state index in [1.165, 1.54) is 16.9 Å². The Labute approximate surface area is 179 Å². The molecule has 0 aliphatic carbocycles. The normalized spacial score (nSPS) is 28.0. The Morgan fingerprint density at radius 2 is 2.03 bits per heavy atom. The first-order chi connectivity index (χ1) is 14.3. The van der Waals surface area contributed by atoms with Crippen molar-refractivity contribution in [1.82, 2.24) is 4.98 Å². The highest BCUT2D eigenvalue weighted by Crippen LogP contribution is 2.52. The summed E-state index contributed by atoms with van der Waals surface area (Å²) >= 11 is 1.43. The van der Waals surface area contributed by atoms with Gasteiger partial charge in [-0.2, -0.15) is 0 Å². The number of nitrogens with one attached hydrogen (secondary N) is 1. The predicted octanol–water partition coefficient (Wildman–Crippen LogP) is 4.09. The number of esters is 2. The lowest BCUT2D eigenvalue weighted by Crippen LogP contribution is -2.32. The zero-order valence-electron chi connectivity index (χ0n) is 17.4. The van der Waals surface area contributed by atoms with E-state index < -0.39 is 29.1 Å². The molecule has 0 unspecified atom stereocenters. The van der Waals surface area contributed by atoms with Gasteiger partial charge in [-0.15, -0.1) is 11.3 Å². The largest absolute Gasteiger partial charge is 0.459 e. The first kappa shape index (κ1) is 20.8. The van der Waals surface area contributed by atoms with E-state index in [9.17, 15) is 9.59 Å². The highest BCUT2D eigenvalue weighted by Gasteiger charge is 2.65. The summed E-state index contributed by atoms with van der Waals surface area (Å²) in [5.41, 5.74) is 0.492. The van der Waals surface area contributed by atoms with Gasteiger partial charge in [0, 0.05) is 30.5 Å². The topological polar surface area (TPSA) is 86.8 Å². The van der Waals surface area contributed by atoms with Crippen molar-refractivity contribution < 1.29 is 23.8 Å². The molecule has 0 saturated carbocycles. The number of anilines is 2. The number of aryl methyl sites for hydroxylation is 1. The summed E-state index contributed by atoms with van der Waals surface area (Å²) < 4.78 is 16.7. The van der Waals surface area contributed by atoms with Crippen LogP contribution in [0, 0.1) is 12.3 Å². The molecule has 4 rings (SSSR count). The van der Waals surface area contributed by atoms with Gasteiger partial charge >= 0.3 is 11.9 Å². The zero-order chi connectivity index (χ0) is 21.4. The monoisotopic (exact) mass is 430 g/mol. The number of thiazole rings is 1. The minimum Gasteiger partial charge on any atom is -0.459 e. The first-order valence-electron chi connectivity index (χ1n) is 10.2. The highest BCUT2D eigenvalue weighted by molar-refractivity contribution is 7.13. The molecule has 2 aliphatic heterocycles. The third-order valence-corrected chi connectivity index (χ3v) is 6.35. The summed E-state index contributed by atoms with van der Waals surface area (Å²) in [5, 5.41) is 5.83. The Bertz CT molecular complexity index is 943. The average molecular weight is 431 g/mol. The highest BCUT2D eigenvalue weighted by atomic mass is 32.1. The SMILES string of the molecule is CCCOC[C@H]1C[C@@]2(C[C@@](C)(c3csc(Nc4ccc(C)cc4)n3)OC2=O)C(=O)O1. The summed E-state index contributed by atoms with van der Waals surface area (Å²) in [6.45, 7) is 6.74. The van der Waals surface area contributed by atoms with Crippen molar-refractivity contribution in [2.45, 2.75) is 51.7 Å². The van der Waals surface area contributed by atoms with Crippen LogP contribution in [0.5, 0.6) is 0 Å². The van der Waals surface area contributed by atoms with Gasteiger partial charge in [0.2, 0.25) is 0 Å². The molecule has 2 fully saturated rings. The van der Waals surface area contributed by atoms with Crippen LogP contribution in [0.4, 0.5) is 10.8 Å². The number of carbonyl (C=O) groups excluding carboxylic acids is 2. The standard InChI is InChI=1S/C22H26N2O5S/c1-4-9-27-11-16-10-22(18(25)28-16)13-21(3,29-19(22)26)17-12-30-20(24-17)23-15-7-5-14(2)6-8-15/h5-8,12,16H,4,9-11,13H2,1-3H3,(H,23,24)/t16-,21+,22-/m1/s1. The Hall–Kier alpha value is -2.45. The van der Waals surface area contributed by atoms with E-state index in [4.69, 9.17) is 14.2 Å². The van der Waals surface area contributed by atoms with Gasteiger partial charge in [0.15, 0.2) is 16.1 Å². The molecule has 0 amide bonds. The summed E-state index contributed by atoms with van der Waals surface area (Å²) in [5.74, 6) is -1.05. The van der Waals surface area contributed by atoms with Crippen molar-refractivity contribution in [2.75, 3.05) is 18.5 Å². The van der Waals surface area contributed by atoms with Crippen LogP contribution in [-0.4, -0.2) is 36.2 Å². The molecule has 30 heavy (non-hydrogen) atoms. The van der Waals surface area contributed by atoms with E-state index in [2.05, 4.69) is 10.3 Å². The second-order valence-electron chi connectivity index (χ2n) is 8.21. The van der Waals surface area contributed by atoms with Crippen LogP contribution in [-0.2, 0) is 29.4 Å². The fourth-order valence-electron chi connectivity index (χ4n) is 4.00. The second kappa shape index (κ2) is 8.00. The van der Waals surface area contributed by atoms with Gasteiger partial charge in [0.05, 0.1) is 12.3 Å². The molecule has 2 saturated heterocycles. The molecule has 3 heterocycles. The fraction of sp³-hybridized carbons (Fsp3) is 0.500. The zero-order valence-corrected chi connectivity index (χ0v) is 18.2. The van der Waals surface area contributed by atoms with Gasteiger partial charge in [-0.05, 0) is 32.4 Å². The van der Waals surface area contributed by atoms with E-state index in [-0.39, 0.29) is 12.8 Å². The number of hydrogen-bond donors (Lipinski definition) is 1. The molecule has 7 nitrogen and oxygen atoms in total. The van der Waals surface area contributed by atoms with Crippen LogP contribution in [0.25, 0.3) is 0 Å². The number of hydrogen-bond acceptors (Lipinski definition) is 8. The van der Waals surface area contributed by atoms with Crippen LogP contribution in [0.1, 0.15) is 44.4 Å². The van der Waals surface area contributed by atoms with Crippen molar-refractivity contribution in [3.8, 4) is 0 Å². The smallest absolute Gasteiger partial charge is 0.324 e. The summed E-state index contributed by atoms with van der Waals surface area (Å²) in [4.78, 5) is 30.1. The molecule has 1 spiro atoms. The van der Waals surface area contributed by atoms with Gasteiger partial charge < -0.3 is 19.5 Å². The first-order valence-corrected chi connectivity index (χ1v) is 11.0. The number of carbonyl (C=O) groups is 2. The lowest BCUT2D eigenvalue weighted by Gasteiger charge is -2.20. The van der Waals surface area contributed by atoms with E-state index in [1.54, 1.807) is 6.92 Å². The maximum atomic E-state index is 12.8. The molecule has 160 valence electrons. The van der Waals surface area contributed by atoms with Gasteiger partial charge in [-0.1, -0.05) is 24.6 Å². The maximum absolute atomic E-state index is 12.8. The van der Waals surface area contributed by atoms with Gasteiger partial charge in [-0.25, -0.2) is 4.98 Å². The van der Waals surface area contributed by atoms with Gasteiger partial charge in [0.25, 0.3) is 0 Å². The molecule has 2 aliphatic rings. The number of aromatic nitrogens is 1. The van der Waals surface area contributed by atoms with Crippen molar-refractivity contribution in [1.29, 1.82) is 0 Å². The number of cyclic esters (lactones) is 2. The van der Waals surface area contributed by atoms with Crippen LogP contribution >= 0.6 is 11.3 Å². The van der Waals surface area contributed by atoms with E-state index in [0.717, 1.165) is 12.1 Å². The minimum absolute atomic E-state index is 0.218. The van der Waals surface area contributed by atoms with Crippen LogP contribution < -0.4 is 5.32 Å². The van der Waals surface area contributed by atoms with E-state index in [1.807, 2.05) is 43.5 Å². The quantitative estimate of drug-likeness (QED) is 0.402. The van der Waals surface area contributed by atoms with Crippen LogP contribution in [0.15, 0.2) is 29.6 Å². The number of benzene rings is 1. The van der Waals surface area contributed by atoms with E-state index in [0.29, 0.717) is 24.0 Å². The maximum Gasteiger partial charge on any atom is 0.324 e. The molecular weight excluding hydrogens is 404 g/mol. The second-order valence-corrected chi connectivity index (χ2v) is 9.07. The van der Waals surface area contributed by atoms with Crippen LogP contribution in [0.2, 0.25) is 0 Å². The molecule has 1 aromatic heterocycles. The molecule has 0 bridgehead atoms. The van der Waals surface area contributed by atoms with Crippen molar-refractivity contribution in [3.63, 3.8) is 0 Å². The lowest BCUT2D eigenvalue weighted by atomic mass is 9.78. The molecule has 2 aromatic rings. The average Bonchev–Trinajstić information content (AvgIpc) is 3.36. The molecule has 0 radical (unpaired) electrons. The third-order valence-electron chi connectivity index (χ3n) is 5.59. The molecule has 8 heteroatoms. The predicted molar refractivity (Wildman–Crippen MR) is 113 cm³/mol. The van der Waals surface area contributed by atoms with Crippen molar-refractivity contribution in [2.24, 2.45) is 5.41 Å². The number of rotatable bonds is 7. The molecule has 1 aromatic carbocycles. The van der Waals surface area contributed by atoms with Crippen molar-refractivity contribution in [3.05, 3.63) is 40.9 Å². The summed E-state index contributed by atoms with van der Waals surface area (Å²) in [7, 11) is 0. The van der Waals surface area contributed by atoms with E-state index >= 15 is 0 Å². The minimum atomic E-state index is -1.27. The van der Waals surface area contributed by atoms with Crippen molar-refractivity contribution >= 4 is 34.1 Å². The molecular formula is C22H26N2O5S. The Balaban J connectivity index is 1.48. The van der Waals surface area contributed by atoms with Gasteiger partial charge in [0.1, 0.15) is 6.10 Å². The molecule has 1 N–H and O–H groups in total. The van der Waals surface area contributed by atoms with Crippen LogP contribution in [0.3, 0.4) is 0 Å². The molecule has 3 atom stereocenters. The lowest BCUT2D eigenvalue weighted by molar-refractivity contribution is -0.160. The van der Waals surface area contributed by atoms with Gasteiger partial charge in [-0.3, -0.25) is 9.59 Å². The Kier molecular flexibility index (Phi) is 5.55. The Morgan fingerprint density at radius 1 is 1.27 bits per heavy atom. The fourth-order valence-corrected chi connectivity index (χ4v) is 4.86. The summed E-state index contributed by atoms with van der Waals surface area (Å²) in [6.07, 6.45) is 0.959. The Morgan fingerprint density at radius 3 is 2.77 bits per heavy atom. The third kappa shape index (κ3) is 3.81. The summed E-state index contributed by atoms with van der Waals surface area (Å²) in [6, 6.07) is 8.01.